The summed E-state index contributed by atoms with van der Waals surface area (Å²) in [5, 5.41) is 11.0. The SMILES string of the molecule is OC1(Cc2ccccc2)CCN(C2CCN(Cc3ccco3)CC2)CC1. The monoisotopic (exact) mass is 354 g/mol. The van der Waals surface area contributed by atoms with Crippen molar-refractivity contribution in [2.45, 2.75) is 50.3 Å². The number of aliphatic hydroxyl groups is 1. The van der Waals surface area contributed by atoms with Gasteiger partial charge in [0.1, 0.15) is 5.76 Å². The third kappa shape index (κ3) is 4.37. The minimum atomic E-state index is -0.530. The van der Waals surface area contributed by atoms with Gasteiger partial charge in [-0.25, -0.2) is 0 Å². The van der Waals surface area contributed by atoms with Crippen molar-refractivity contribution < 1.29 is 9.52 Å². The molecule has 140 valence electrons. The zero-order valence-corrected chi connectivity index (χ0v) is 15.5. The molecule has 26 heavy (non-hydrogen) atoms. The van der Waals surface area contributed by atoms with Crippen molar-refractivity contribution in [3.63, 3.8) is 0 Å². The molecule has 2 aromatic rings. The Morgan fingerprint density at radius 3 is 2.35 bits per heavy atom. The van der Waals surface area contributed by atoms with E-state index in [4.69, 9.17) is 4.42 Å². The van der Waals surface area contributed by atoms with Crippen LogP contribution in [-0.2, 0) is 13.0 Å². The summed E-state index contributed by atoms with van der Waals surface area (Å²) in [7, 11) is 0. The van der Waals surface area contributed by atoms with E-state index in [1.54, 1.807) is 6.26 Å². The molecule has 0 spiro atoms. The first-order chi connectivity index (χ1) is 12.7. The standard InChI is InChI=1S/C22H30N2O2/c25-22(17-19-5-2-1-3-6-19)10-14-24(15-11-22)20-8-12-23(13-9-20)18-21-7-4-16-26-21/h1-7,16,20,25H,8-15,17-18H2. The lowest BCUT2D eigenvalue weighted by molar-refractivity contribution is -0.0375. The van der Waals surface area contributed by atoms with Crippen molar-refractivity contribution in [3.05, 3.63) is 60.1 Å². The van der Waals surface area contributed by atoms with E-state index in [1.807, 2.05) is 12.1 Å². The maximum absolute atomic E-state index is 11.0. The Bertz CT molecular complexity index is 655. The Labute approximate surface area is 156 Å². The van der Waals surface area contributed by atoms with E-state index in [0.717, 1.165) is 57.7 Å². The molecule has 1 aromatic heterocycles. The molecule has 0 bridgehead atoms. The molecule has 4 rings (SSSR count). The fourth-order valence-electron chi connectivity index (χ4n) is 4.52. The summed E-state index contributed by atoms with van der Waals surface area (Å²) in [5.41, 5.74) is 0.715. The molecule has 0 atom stereocenters. The minimum Gasteiger partial charge on any atom is -0.468 e. The van der Waals surface area contributed by atoms with Gasteiger partial charge in [-0.1, -0.05) is 30.3 Å². The fraction of sp³-hybridized carbons (Fsp3) is 0.545. The van der Waals surface area contributed by atoms with E-state index in [-0.39, 0.29) is 0 Å². The van der Waals surface area contributed by atoms with E-state index in [1.165, 1.54) is 18.4 Å². The predicted molar refractivity (Wildman–Crippen MR) is 103 cm³/mol. The Hall–Kier alpha value is -1.62. The highest BCUT2D eigenvalue weighted by Gasteiger charge is 2.35. The van der Waals surface area contributed by atoms with Crippen molar-refractivity contribution in [2.75, 3.05) is 26.2 Å². The predicted octanol–water partition coefficient (Wildman–Crippen LogP) is 3.31. The van der Waals surface area contributed by atoms with Gasteiger partial charge in [0.05, 0.1) is 18.4 Å². The molecule has 4 nitrogen and oxygen atoms in total. The van der Waals surface area contributed by atoms with Gasteiger partial charge in [0.25, 0.3) is 0 Å². The highest BCUT2D eigenvalue weighted by atomic mass is 16.3. The number of rotatable bonds is 5. The number of hydrogen-bond acceptors (Lipinski definition) is 4. The Kier molecular flexibility index (Phi) is 5.44. The van der Waals surface area contributed by atoms with Crippen LogP contribution in [0.1, 0.15) is 37.0 Å². The molecule has 2 saturated heterocycles. The van der Waals surface area contributed by atoms with Crippen LogP contribution in [0.2, 0.25) is 0 Å². The van der Waals surface area contributed by atoms with E-state index < -0.39 is 5.60 Å². The maximum atomic E-state index is 11.0. The van der Waals surface area contributed by atoms with Crippen LogP contribution < -0.4 is 0 Å². The zero-order valence-electron chi connectivity index (χ0n) is 15.5. The van der Waals surface area contributed by atoms with Crippen LogP contribution in [0.3, 0.4) is 0 Å². The first-order valence-electron chi connectivity index (χ1n) is 9.95. The second kappa shape index (κ2) is 7.95. The van der Waals surface area contributed by atoms with Gasteiger partial charge in [-0.3, -0.25) is 4.90 Å². The largest absolute Gasteiger partial charge is 0.468 e. The number of nitrogens with zero attached hydrogens (tertiary/aromatic N) is 2. The van der Waals surface area contributed by atoms with Gasteiger partial charge in [0.2, 0.25) is 0 Å². The smallest absolute Gasteiger partial charge is 0.117 e. The van der Waals surface area contributed by atoms with Crippen molar-refractivity contribution in [2.24, 2.45) is 0 Å². The van der Waals surface area contributed by atoms with Gasteiger partial charge >= 0.3 is 0 Å². The number of benzene rings is 1. The van der Waals surface area contributed by atoms with Crippen LogP contribution in [0.25, 0.3) is 0 Å². The molecular weight excluding hydrogens is 324 g/mol. The van der Waals surface area contributed by atoms with Gasteiger partial charge in [-0.2, -0.15) is 0 Å². The van der Waals surface area contributed by atoms with E-state index in [0.29, 0.717) is 6.04 Å². The molecule has 1 N–H and O–H groups in total. The average Bonchev–Trinajstić information content (AvgIpc) is 3.17. The summed E-state index contributed by atoms with van der Waals surface area (Å²) in [5.74, 6) is 1.06. The Morgan fingerprint density at radius 2 is 1.69 bits per heavy atom. The Morgan fingerprint density at radius 1 is 0.962 bits per heavy atom. The first kappa shape index (κ1) is 17.8. The highest BCUT2D eigenvalue weighted by molar-refractivity contribution is 5.17. The quantitative estimate of drug-likeness (QED) is 0.894. The molecule has 0 radical (unpaired) electrons. The zero-order chi connectivity index (χ0) is 17.8. The molecule has 2 aliphatic heterocycles. The van der Waals surface area contributed by atoms with E-state index >= 15 is 0 Å². The molecule has 0 saturated carbocycles. The lowest BCUT2D eigenvalue weighted by Crippen LogP contribution is -2.52. The molecule has 0 amide bonds. The van der Waals surface area contributed by atoms with Crippen LogP contribution >= 0.6 is 0 Å². The molecule has 0 unspecified atom stereocenters. The van der Waals surface area contributed by atoms with Gasteiger partial charge in [0, 0.05) is 38.6 Å². The van der Waals surface area contributed by atoms with E-state index in [2.05, 4.69) is 40.1 Å². The molecule has 2 aliphatic rings. The third-order valence-corrected chi connectivity index (χ3v) is 6.14. The van der Waals surface area contributed by atoms with Crippen LogP contribution in [0.15, 0.2) is 53.1 Å². The number of likely N-dealkylation sites (tertiary alicyclic amines) is 2. The summed E-state index contributed by atoms with van der Waals surface area (Å²) in [4.78, 5) is 5.11. The number of hydrogen-bond donors (Lipinski definition) is 1. The van der Waals surface area contributed by atoms with Crippen molar-refractivity contribution in [3.8, 4) is 0 Å². The number of furan rings is 1. The van der Waals surface area contributed by atoms with Crippen LogP contribution in [0.5, 0.6) is 0 Å². The second-order valence-corrected chi connectivity index (χ2v) is 8.01. The maximum Gasteiger partial charge on any atom is 0.117 e. The average molecular weight is 354 g/mol. The second-order valence-electron chi connectivity index (χ2n) is 8.01. The molecular formula is C22H30N2O2. The van der Waals surface area contributed by atoms with Crippen LogP contribution in [-0.4, -0.2) is 52.7 Å². The summed E-state index contributed by atoms with van der Waals surface area (Å²) in [6.45, 7) is 5.24. The van der Waals surface area contributed by atoms with Crippen LogP contribution in [0.4, 0.5) is 0 Å². The molecule has 4 heteroatoms. The topological polar surface area (TPSA) is 39.9 Å². The fourth-order valence-corrected chi connectivity index (χ4v) is 4.52. The molecule has 1 aromatic carbocycles. The number of piperidine rings is 2. The summed E-state index contributed by atoms with van der Waals surface area (Å²) in [6, 6.07) is 15.1. The lowest BCUT2D eigenvalue weighted by Gasteiger charge is -2.44. The normalized spacial score (nSPS) is 22.5. The highest BCUT2D eigenvalue weighted by Crippen LogP contribution is 2.29. The van der Waals surface area contributed by atoms with Gasteiger partial charge in [-0.05, 0) is 43.4 Å². The van der Waals surface area contributed by atoms with Crippen LogP contribution in [0, 0.1) is 0 Å². The van der Waals surface area contributed by atoms with E-state index in [9.17, 15) is 5.11 Å². The molecule has 0 aliphatic carbocycles. The van der Waals surface area contributed by atoms with Crippen molar-refractivity contribution in [1.29, 1.82) is 0 Å². The van der Waals surface area contributed by atoms with Crippen molar-refractivity contribution >= 4 is 0 Å². The summed E-state index contributed by atoms with van der Waals surface area (Å²) >= 11 is 0. The summed E-state index contributed by atoms with van der Waals surface area (Å²) < 4.78 is 5.47. The van der Waals surface area contributed by atoms with Gasteiger partial charge in [0.15, 0.2) is 0 Å². The van der Waals surface area contributed by atoms with Gasteiger partial charge < -0.3 is 14.4 Å². The van der Waals surface area contributed by atoms with Crippen molar-refractivity contribution in [1.82, 2.24) is 9.80 Å². The Balaban J connectivity index is 1.24. The van der Waals surface area contributed by atoms with Gasteiger partial charge in [-0.15, -0.1) is 0 Å². The first-order valence-corrected chi connectivity index (χ1v) is 9.95. The lowest BCUT2D eigenvalue weighted by atomic mass is 9.84. The minimum absolute atomic E-state index is 0.530. The summed E-state index contributed by atoms with van der Waals surface area (Å²) in [6.07, 6.45) is 6.74. The molecule has 3 heterocycles. The molecule has 2 fully saturated rings. The third-order valence-electron chi connectivity index (χ3n) is 6.14.